The Morgan fingerprint density at radius 3 is 2.68 bits per heavy atom. The van der Waals surface area contributed by atoms with E-state index in [1.165, 1.54) is 44.5 Å². The first kappa shape index (κ1) is 13.1. The summed E-state index contributed by atoms with van der Waals surface area (Å²) in [6.45, 7) is 5.67. The molecule has 1 atom stereocenters. The molecule has 0 spiro atoms. The lowest BCUT2D eigenvalue weighted by Crippen LogP contribution is -2.32. The molecule has 0 amide bonds. The Kier molecular flexibility index (Phi) is 4.16. The molecule has 0 aromatic carbocycles. The molecular weight excluding hydrogens is 236 g/mol. The van der Waals surface area contributed by atoms with E-state index in [0.29, 0.717) is 0 Å². The molecule has 0 saturated heterocycles. The van der Waals surface area contributed by atoms with Gasteiger partial charge in [0.1, 0.15) is 11.6 Å². The maximum Gasteiger partial charge on any atom is 0.133 e. The number of aromatic nitrogens is 3. The molecule has 0 unspecified atom stereocenters. The molecule has 1 fully saturated rings. The number of nitrogens with zero attached hydrogens (tertiary/aromatic N) is 3. The zero-order chi connectivity index (χ0) is 13.1. The van der Waals surface area contributed by atoms with Crippen LogP contribution in [0.5, 0.6) is 0 Å². The summed E-state index contributed by atoms with van der Waals surface area (Å²) in [6.07, 6.45) is 9.12. The molecule has 1 aromatic rings. The monoisotopic (exact) mass is 262 g/mol. The molecule has 0 bridgehead atoms. The summed E-state index contributed by atoms with van der Waals surface area (Å²) >= 11 is 0. The third-order valence-electron chi connectivity index (χ3n) is 4.78. The number of rotatable bonds is 5. The van der Waals surface area contributed by atoms with Gasteiger partial charge in [0, 0.05) is 19.4 Å². The number of nitrogens with one attached hydrogen (secondary N) is 1. The van der Waals surface area contributed by atoms with Crippen molar-refractivity contribution >= 4 is 0 Å². The molecule has 1 aliphatic heterocycles. The van der Waals surface area contributed by atoms with Gasteiger partial charge in [0.25, 0.3) is 0 Å². The van der Waals surface area contributed by atoms with Crippen LogP contribution in [0.25, 0.3) is 0 Å². The first-order valence-electron chi connectivity index (χ1n) is 7.98. The number of hydrogen-bond acceptors (Lipinski definition) is 3. The quantitative estimate of drug-likeness (QED) is 0.884. The second-order valence-corrected chi connectivity index (χ2v) is 6.21. The van der Waals surface area contributed by atoms with Gasteiger partial charge in [-0.1, -0.05) is 19.8 Å². The second-order valence-electron chi connectivity index (χ2n) is 6.21. The van der Waals surface area contributed by atoms with Crippen molar-refractivity contribution < 1.29 is 0 Å². The predicted molar refractivity (Wildman–Crippen MR) is 76.0 cm³/mol. The molecule has 2 heterocycles. The molecule has 4 heteroatoms. The minimum atomic E-state index is 0.759. The van der Waals surface area contributed by atoms with Crippen molar-refractivity contribution in [3.05, 3.63) is 11.6 Å². The first-order chi connectivity index (χ1) is 9.36. The Labute approximate surface area is 116 Å². The van der Waals surface area contributed by atoms with Gasteiger partial charge >= 0.3 is 0 Å². The third-order valence-corrected chi connectivity index (χ3v) is 4.78. The zero-order valence-electron chi connectivity index (χ0n) is 12.1. The molecule has 0 radical (unpaired) electrons. The van der Waals surface area contributed by atoms with Crippen molar-refractivity contribution in [3.63, 3.8) is 0 Å². The maximum atomic E-state index is 4.30. The highest BCUT2D eigenvalue weighted by Crippen LogP contribution is 2.24. The SMILES string of the molecule is CCc1nnc2n1C[C@H](CNCC1CCCC1)CC2. The van der Waals surface area contributed by atoms with E-state index in [4.69, 9.17) is 0 Å². The van der Waals surface area contributed by atoms with E-state index in [9.17, 15) is 0 Å². The fourth-order valence-corrected chi connectivity index (χ4v) is 3.59. The predicted octanol–water partition coefficient (Wildman–Crippen LogP) is 2.18. The van der Waals surface area contributed by atoms with Crippen LogP contribution < -0.4 is 5.32 Å². The maximum absolute atomic E-state index is 4.30. The first-order valence-corrected chi connectivity index (χ1v) is 7.98. The smallest absolute Gasteiger partial charge is 0.133 e. The molecule has 3 rings (SSSR count). The zero-order valence-corrected chi connectivity index (χ0v) is 12.1. The van der Waals surface area contributed by atoms with E-state index in [0.717, 1.165) is 43.6 Å². The highest BCUT2D eigenvalue weighted by molar-refractivity contribution is 5.00. The Morgan fingerprint density at radius 2 is 1.89 bits per heavy atom. The fourth-order valence-electron chi connectivity index (χ4n) is 3.59. The minimum Gasteiger partial charge on any atom is -0.316 e. The summed E-state index contributed by atoms with van der Waals surface area (Å²) in [4.78, 5) is 0. The molecule has 1 aromatic heterocycles. The summed E-state index contributed by atoms with van der Waals surface area (Å²) in [7, 11) is 0. The normalized spacial score (nSPS) is 23.7. The van der Waals surface area contributed by atoms with Crippen molar-refractivity contribution in [2.24, 2.45) is 11.8 Å². The lowest BCUT2D eigenvalue weighted by molar-refractivity contribution is 0.333. The van der Waals surface area contributed by atoms with E-state index in [1.54, 1.807) is 0 Å². The fraction of sp³-hybridized carbons (Fsp3) is 0.867. The van der Waals surface area contributed by atoms with Crippen LogP contribution in [0.1, 0.15) is 50.7 Å². The van der Waals surface area contributed by atoms with Crippen LogP contribution in [-0.2, 0) is 19.4 Å². The molecule has 1 saturated carbocycles. The largest absolute Gasteiger partial charge is 0.316 e. The van der Waals surface area contributed by atoms with Crippen LogP contribution in [0.4, 0.5) is 0 Å². The van der Waals surface area contributed by atoms with Gasteiger partial charge in [0.2, 0.25) is 0 Å². The molecule has 2 aliphatic rings. The molecule has 1 aliphatic carbocycles. The van der Waals surface area contributed by atoms with Crippen LogP contribution in [0, 0.1) is 11.8 Å². The average Bonchev–Trinajstić information content (AvgIpc) is 3.07. The summed E-state index contributed by atoms with van der Waals surface area (Å²) in [5, 5.41) is 12.3. The van der Waals surface area contributed by atoms with Gasteiger partial charge in [0.15, 0.2) is 0 Å². The molecule has 19 heavy (non-hydrogen) atoms. The summed E-state index contributed by atoms with van der Waals surface area (Å²) in [5.74, 6) is 4.06. The molecule has 4 nitrogen and oxygen atoms in total. The van der Waals surface area contributed by atoms with Gasteiger partial charge in [-0.2, -0.15) is 0 Å². The Hall–Kier alpha value is -0.900. The van der Waals surface area contributed by atoms with E-state index >= 15 is 0 Å². The van der Waals surface area contributed by atoms with Crippen molar-refractivity contribution in [3.8, 4) is 0 Å². The van der Waals surface area contributed by atoms with Crippen LogP contribution in [0.15, 0.2) is 0 Å². The number of fused-ring (bicyclic) bond motifs is 1. The number of hydrogen-bond donors (Lipinski definition) is 1. The molecular formula is C15H26N4. The number of aryl methyl sites for hydroxylation is 2. The molecule has 106 valence electrons. The van der Waals surface area contributed by atoms with Crippen LogP contribution in [-0.4, -0.2) is 27.9 Å². The Bertz CT molecular complexity index is 393. The van der Waals surface area contributed by atoms with Gasteiger partial charge in [-0.3, -0.25) is 0 Å². The summed E-state index contributed by atoms with van der Waals surface area (Å²) < 4.78 is 2.35. The lowest BCUT2D eigenvalue weighted by atomic mass is 9.98. The standard InChI is InChI=1S/C15H26N4/c1-2-14-17-18-15-8-7-13(11-19(14)15)10-16-9-12-5-3-4-6-12/h12-13,16H,2-11H2,1H3/t13-/m0/s1. The van der Waals surface area contributed by atoms with Crippen molar-refractivity contribution in [2.45, 2.75) is 58.4 Å². The van der Waals surface area contributed by atoms with Gasteiger partial charge < -0.3 is 9.88 Å². The Balaban J connectivity index is 1.48. The van der Waals surface area contributed by atoms with E-state index in [1.807, 2.05) is 0 Å². The van der Waals surface area contributed by atoms with Crippen molar-refractivity contribution in [1.82, 2.24) is 20.1 Å². The Morgan fingerprint density at radius 1 is 1.11 bits per heavy atom. The van der Waals surface area contributed by atoms with Crippen LogP contribution >= 0.6 is 0 Å². The van der Waals surface area contributed by atoms with Gasteiger partial charge in [-0.25, -0.2) is 0 Å². The van der Waals surface area contributed by atoms with Crippen molar-refractivity contribution in [1.29, 1.82) is 0 Å². The lowest BCUT2D eigenvalue weighted by Gasteiger charge is -2.25. The second kappa shape index (κ2) is 6.04. The van der Waals surface area contributed by atoms with Crippen LogP contribution in [0.3, 0.4) is 0 Å². The van der Waals surface area contributed by atoms with Crippen molar-refractivity contribution in [2.75, 3.05) is 13.1 Å². The van der Waals surface area contributed by atoms with E-state index in [2.05, 4.69) is 27.0 Å². The van der Waals surface area contributed by atoms with E-state index in [-0.39, 0.29) is 0 Å². The van der Waals surface area contributed by atoms with Gasteiger partial charge in [-0.05, 0) is 44.2 Å². The minimum absolute atomic E-state index is 0.759. The van der Waals surface area contributed by atoms with E-state index < -0.39 is 0 Å². The highest BCUT2D eigenvalue weighted by Gasteiger charge is 2.22. The third kappa shape index (κ3) is 2.99. The summed E-state index contributed by atoms with van der Waals surface area (Å²) in [5.41, 5.74) is 0. The topological polar surface area (TPSA) is 42.7 Å². The van der Waals surface area contributed by atoms with Gasteiger partial charge in [0.05, 0.1) is 0 Å². The van der Waals surface area contributed by atoms with Gasteiger partial charge in [-0.15, -0.1) is 10.2 Å². The van der Waals surface area contributed by atoms with Crippen LogP contribution in [0.2, 0.25) is 0 Å². The molecule has 1 N–H and O–H groups in total. The highest BCUT2D eigenvalue weighted by atomic mass is 15.3. The summed E-state index contributed by atoms with van der Waals surface area (Å²) in [6, 6.07) is 0. The average molecular weight is 262 g/mol.